The van der Waals surface area contributed by atoms with Gasteiger partial charge in [0.15, 0.2) is 5.69 Å². The summed E-state index contributed by atoms with van der Waals surface area (Å²) in [5, 5.41) is 11.8. The topological polar surface area (TPSA) is 84.1 Å². The Morgan fingerprint density at radius 3 is 2.73 bits per heavy atom. The molecule has 0 spiro atoms. The summed E-state index contributed by atoms with van der Waals surface area (Å²) in [7, 11) is 0. The zero-order chi connectivity index (χ0) is 16.1. The van der Waals surface area contributed by atoms with Crippen LogP contribution in [0.25, 0.3) is 10.9 Å². The minimum Gasteiger partial charge on any atom is -0.396 e. The van der Waals surface area contributed by atoms with Gasteiger partial charge in [0.2, 0.25) is 0 Å². The zero-order valence-electron chi connectivity index (χ0n) is 12.8. The molecule has 118 valence electrons. The molecule has 0 saturated carbocycles. The third kappa shape index (κ3) is 3.45. The average Bonchev–Trinajstić information content (AvgIpc) is 2.52. The van der Waals surface area contributed by atoms with Crippen molar-refractivity contribution < 1.29 is 4.79 Å². The van der Waals surface area contributed by atoms with Gasteiger partial charge in [0, 0.05) is 18.5 Å². The molecule has 0 aliphatic carbocycles. The molecule has 0 aliphatic heterocycles. The maximum atomic E-state index is 12.2. The highest BCUT2D eigenvalue weighted by atomic mass is 35.5. The molecule has 2 aromatic rings. The van der Waals surface area contributed by atoms with Crippen LogP contribution in [0.3, 0.4) is 0 Å². The summed E-state index contributed by atoms with van der Waals surface area (Å²) in [4.78, 5) is 14.4. The Morgan fingerprint density at radius 1 is 1.32 bits per heavy atom. The van der Waals surface area contributed by atoms with Gasteiger partial charge in [0.1, 0.15) is 5.52 Å². The van der Waals surface area contributed by atoms with E-state index in [4.69, 9.17) is 17.3 Å². The standard InChI is InChI=1S/C15H20ClN5O/c1-3-21(4-2)9-8-18-15(22)14-12(17)10-6-5-7-11(16)13(10)19-20-14/h5-7H,3-4,8-9H2,1-2H3,(H2,17,19)(H,18,22). The molecule has 22 heavy (non-hydrogen) atoms. The van der Waals surface area contributed by atoms with Gasteiger partial charge < -0.3 is 16.0 Å². The molecule has 0 unspecified atom stereocenters. The van der Waals surface area contributed by atoms with Gasteiger partial charge in [-0.15, -0.1) is 10.2 Å². The van der Waals surface area contributed by atoms with Crippen LogP contribution in [0, 0.1) is 0 Å². The van der Waals surface area contributed by atoms with Crippen LogP contribution in [0.5, 0.6) is 0 Å². The third-order valence-electron chi connectivity index (χ3n) is 3.61. The molecule has 1 amide bonds. The van der Waals surface area contributed by atoms with Crippen molar-refractivity contribution in [3.8, 4) is 0 Å². The number of rotatable bonds is 6. The van der Waals surface area contributed by atoms with Gasteiger partial charge >= 0.3 is 0 Å². The van der Waals surface area contributed by atoms with Crippen molar-refractivity contribution in [1.82, 2.24) is 20.4 Å². The number of benzene rings is 1. The molecule has 0 saturated heterocycles. The smallest absolute Gasteiger partial charge is 0.274 e. The predicted octanol–water partition coefficient (Wildman–Crippen LogP) is 1.94. The molecule has 0 fully saturated rings. The lowest BCUT2D eigenvalue weighted by Gasteiger charge is -2.18. The SMILES string of the molecule is CCN(CC)CCNC(=O)c1nnc2c(Cl)cccc2c1N. The first-order chi connectivity index (χ1) is 10.6. The number of hydrogen-bond donors (Lipinski definition) is 2. The van der Waals surface area contributed by atoms with Crippen LogP contribution >= 0.6 is 11.6 Å². The minimum atomic E-state index is -0.320. The Kier molecular flexibility index (Phi) is 5.51. The highest BCUT2D eigenvalue weighted by Crippen LogP contribution is 2.26. The van der Waals surface area contributed by atoms with E-state index < -0.39 is 0 Å². The second-order valence-corrected chi connectivity index (χ2v) is 5.29. The summed E-state index contributed by atoms with van der Waals surface area (Å²) in [6.45, 7) is 7.38. The highest BCUT2D eigenvalue weighted by molar-refractivity contribution is 6.35. The molecule has 0 aliphatic rings. The normalized spacial score (nSPS) is 11.1. The molecular weight excluding hydrogens is 302 g/mol. The minimum absolute atomic E-state index is 0.134. The van der Waals surface area contributed by atoms with Crippen molar-refractivity contribution in [3.63, 3.8) is 0 Å². The number of anilines is 1. The number of aromatic nitrogens is 2. The van der Waals surface area contributed by atoms with Crippen molar-refractivity contribution in [2.24, 2.45) is 0 Å². The van der Waals surface area contributed by atoms with Gasteiger partial charge in [0.25, 0.3) is 5.91 Å². The maximum absolute atomic E-state index is 12.2. The van der Waals surface area contributed by atoms with Crippen molar-refractivity contribution in [3.05, 3.63) is 28.9 Å². The van der Waals surface area contributed by atoms with Gasteiger partial charge in [0.05, 0.1) is 10.7 Å². The summed E-state index contributed by atoms with van der Waals surface area (Å²) in [6, 6.07) is 5.25. The maximum Gasteiger partial charge on any atom is 0.274 e. The molecule has 7 heteroatoms. The Labute approximate surface area is 134 Å². The van der Waals surface area contributed by atoms with E-state index in [0.29, 0.717) is 28.2 Å². The third-order valence-corrected chi connectivity index (χ3v) is 3.91. The Bertz CT molecular complexity index is 672. The highest BCUT2D eigenvalue weighted by Gasteiger charge is 2.16. The molecule has 3 N–H and O–H groups in total. The van der Waals surface area contributed by atoms with Gasteiger partial charge in [-0.2, -0.15) is 0 Å². The molecule has 1 aromatic heterocycles. The second kappa shape index (κ2) is 7.38. The summed E-state index contributed by atoms with van der Waals surface area (Å²) < 4.78 is 0. The zero-order valence-corrected chi connectivity index (χ0v) is 13.5. The van der Waals surface area contributed by atoms with Crippen LogP contribution in [0.15, 0.2) is 18.2 Å². The van der Waals surface area contributed by atoms with Crippen molar-refractivity contribution in [1.29, 1.82) is 0 Å². The monoisotopic (exact) mass is 321 g/mol. The first-order valence-electron chi connectivity index (χ1n) is 7.29. The van der Waals surface area contributed by atoms with Crippen LogP contribution in [-0.2, 0) is 0 Å². The molecule has 0 bridgehead atoms. The number of fused-ring (bicyclic) bond motifs is 1. The van der Waals surface area contributed by atoms with Crippen molar-refractivity contribution in [2.75, 3.05) is 31.9 Å². The number of amides is 1. The fourth-order valence-corrected chi connectivity index (χ4v) is 2.45. The fraction of sp³-hybridized carbons (Fsp3) is 0.400. The van der Waals surface area contributed by atoms with E-state index in [-0.39, 0.29) is 11.6 Å². The number of nitrogens with one attached hydrogen (secondary N) is 1. The summed E-state index contributed by atoms with van der Waals surface area (Å²) in [5.74, 6) is -0.320. The Morgan fingerprint density at radius 2 is 2.05 bits per heavy atom. The van der Waals surface area contributed by atoms with E-state index in [2.05, 4.69) is 34.3 Å². The van der Waals surface area contributed by atoms with E-state index in [0.717, 1.165) is 19.6 Å². The second-order valence-electron chi connectivity index (χ2n) is 4.88. The molecule has 6 nitrogen and oxygen atoms in total. The molecule has 1 aromatic carbocycles. The number of nitrogens with zero attached hydrogens (tertiary/aromatic N) is 3. The molecular formula is C15H20ClN5O. The number of halogens is 1. The first kappa shape index (κ1) is 16.5. The number of carbonyl (C=O) groups excluding carboxylic acids is 1. The number of likely N-dealkylation sites (N-methyl/N-ethyl adjacent to an activating group) is 1. The lowest BCUT2D eigenvalue weighted by atomic mass is 10.1. The lowest BCUT2D eigenvalue weighted by molar-refractivity contribution is 0.0944. The van der Waals surface area contributed by atoms with Crippen LogP contribution in [-0.4, -0.2) is 47.2 Å². The van der Waals surface area contributed by atoms with Crippen LogP contribution in [0.1, 0.15) is 24.3 Å². The van der Waals surface area contributed by atoms with Gasteiger partial charge in [-0.25, -0.2) is 0 Å². The molecule has 0 radical (unpaired) electrons. The fourth-order valence-electron chi connectivity index (χ4n) is 2.23. The predicted molar refractivity (Wildman–Crippen MR) is 89.1 cm³/mol. The van der Waals surface area contributed by atoms with Crippen molar-refractivity contribution in [2.45, 2.75) is 13.8 Å². The molecule has 0 atom stereocenters. The number of carbonyl (C=O) groups is 1. The van der Waals surface area contributed by atoms with Crippen LogP contribution < -0.4 is 11.1 Å². The molecule has 1 heterocycles. The van der Waals surface area contributed by atoms with E-state index in [1.54, 1.807) is 18.2 Å². The lowest BCUT2D eigenvalue weighted by Crippen LogP contribution is -2.35. The van der Waals surface area contributed by atoms with Crippen LogP contribution in [0.2, 0.25) is 5.02 Å². The molecule has 2 rings (SSSR count). The van der Waals surface area contributed by atoms with Gasteiger partial charge in [-0.1, -0.05) is 37.6 Å². The van der Waals surface area contributed by atoms with Gasteiger partial charge in [-0.3, -0.25) is 4.79 Å². The summed E-state index contributed by atoms with van der Waals surface area (Å²) >= 11 is 6.05. The van der Waals surface area contributed by atoms with E-state index in [1.807, 2.05) is 0 Å². The number of nitrogens with two attached hydrogens (primary N) is 1. The van der Waals surface area contributed by atoms with Crippen molar-refractivity contribution >= 4 is 34.1 Å². The number of nitrogen functional groups attached to an aromatic ring is 1. The largest absolute Gasteiger partial charge is 0.396 e. The number of hydrogen-bond acceptors (Lipinski definition) is 5. The van der Waals surface area contributed by atoms with E-state index in [9.17, 15) is 4.79 Å². The average molecular weight is 322 g/mol. The van der Waals surface area contributed by atoms with E-state index in [1.165, 1.54) is 0 Å². The summed E-state index contributed by atoms with van der Waals surface area (Å²) in [6.07, 6.45) is 0. The van der Waals surface area contributed by atoms with Gasteiger partial charge in [-0.05, 0) is 19.2 Å². The first-order valence-corrected chi connectivity index (χ1v) is 7.67. The Balaban J connectivity index is 2.14. The van der Waals surface area contributed by atoms with E-state index >= 15 is 0 Å². The van der Waals surface area contributed by atoms with Crippen LogP contribution in [0.4, 0.5) is 5.69 Å². The quantitative estimate of drug-likeness (QED) is 0.849. The summed E-state index contributed by atoms with van der Waals surface area (Å²) in [5.41, 5.74) is 6.97. The Hall–Kier alpha value is -1.92.